The molecule has 0 saturated heterocycles. The number of anilines is 1. The Hall–Kier alpha value is -3.92. The maximum absolute atomic E-state index is 12.0. The van der Waals surface area contributed by atoms with Crippen molar-refractivity contribution < 1.29 is 28.9 Å². The smallest absolute Gasteiger partial charge is 0.345 e. The van der Waals surface area contributed by atoms with Gasteiger partial charge in [-0.2, -0.15) is 9.61 Å². The highest BCUT2D eigenvalue weighted by Crippen LogP contribution is 2.39. The third kappa shape index (κ3) is 10.8. The number of carboxylic acids is 1. The number of rotatable bonds is 17. The second-order valence-electron chi connectivity index (χ2n) is 16.3. The van der Waals surface area contributed by atoms with Crippen LogP contribution in [0, 0.1) is 5.92 Å². The largest absolute Gasteiger partial charge is 0.478 e. The molecule has 0 spiro atoms. The summed E-state index contributed by atoms with van der Waals surface area (Å²) in [5, 5.41) is 14.7. The van der Waals surface area contributed by atoms with E-state index in [2.05, 4.69) is 56.3 Å². The van der Waals surface area contributed by atoms with Gasteiger partial charge in [0.15, 0.2) is 5.65 Å². The summed E-state index contributed by atoms with van der Waals surface area (Å²) >= 11 is 0. The fraction of sp³-hybridized carbons (Fsp3) is 0.513. The number of fused-ring (bicyclic) bond motifs is 1. The van der Waals surface area contributed by atoms with Crippen molar-refractivity contribution in [3.63, 3.8) is 0 Å². The van der Waals surface area contributed by atoms with E-state index in [1.807, 2.05) is 53.3 Å². The number of carbonyl (C=O) groups is 2. The zero-order valence-corrected chi connectivity index (χ0v) is 33.8. The quantitative estimate of drug-likeness (QED) is 0.0489. The Bertz CT molecular complexity index is 1760. The van der Waals surface area contributed by atoms with E-state index in [9.17, 15) is 14.7 Å². The number of aliphatic carboxylic acids is 1. The first kappa shape index (κ1) is 39.3. The van der Waals surface area contributed by atoms with Gasteiger partial charge in [-0.1, -0.05) is 75.7 Å². The minimum Gasteiger partial charge on any atom is -0.478 e. The van der Waals surface area contributed by atoms with E-state index in [-0.39, 0.29) is 11.8 Å². The molecule has 3 heterocycles. The Balaban J connectivity index is 1.50. The molecule has 1 atom stereocenters. The lowest BCUT2D eigenvalue weighted by atomic mass is 9.78. The number of hydrogen-bond acceptors (Lipinski definition) is 9. The maximum atomic E-state index is 12.0. The number of carbonyl (C=O) groups excluding carboxylic acids is 1. The molecule has 0 radical (unpaired) electrons. The van der Waals surface area contributed by atoms with Crippen LogP contribution in [0.4, 0.5) is 5.82 Å². The Morgan fingerprint density at radius 1 is 0.885 bits per heavy atom. The molecule has 1 unspecified atom stereocenters. The number of esters is 1. The fourth-order valence-electron chi connectivity index (χ4n) is 6.46. The van der Waals surface area contributed by atoms with Gasteiger partial charge >= 0.3 is 11.9 Å². The number of ether oxygens (including phenoxy) is 3. The molecule has 0 amide bonds. The van der Waals surface area contributed by atoms with Crippen LogP contribution >= 0.6 is 0 Å². The van der Waals surface area contributed by atoms with Crippen molar-refractivity contribution in [3.05, 3.63) is 66.6 Å². The van der Waals surface area contributed by atoms with Crippen molar-refractivity contribution in [2.24, 2.45) is 5.92 Å². The van der Waals surface area contributed by atoms with E-state index in [4.69, 9.17) is 29.3 Å². The molecule has 5 rings (SSSR count). The standard InChI is InChI=1S/C39H55N5O6Si2/c1-28(45)50-37(39(46)47)31-15-13-30(14-16-31)35-23-36(43(26-48-19-21-51(2,3)4)27-49-20-22-52(5,6)7)44-38(42-35)33(25-41-44)32-17-18-34(40-24-32)29-11-9-8-10-12-29/h8-12,17-18,23-25,30-31,37H,13-16,19-22,26-27H2,1-7H3,(H,46,47). The van der Waals surface area contributed by atoms with Gasteiger partial charge < -0.3 is 24.2 Å². The normalized spacial score (nSPS) is 17.2. The van der Waals surface area contributed by atoms with Crippen LogP contribution in [0.15, 0.2) is 60.9 Å². The fourth-order valence-corrected chi connectivity index (χ4v) is 7.97. The second kappa shape index (κ2) is 17.3. The van der Waals surface area contributed by atoms with Gasteiger partial charge in [-0.05, 0) is 43.8 Å². The van der Waals surface area contributed by atoms with Crippen LogP contribution in [0.5, 0.6) is 0 Å². The van der Waals surface area contributed by atoms with E-state index in [1.54, 1.807) is 0 Å². The van der Waals surface area contributed by atoms with Crippen LogP contribution in [-0.2, 0) is 23.8 Å². The van der Waals surface area contributed by atoms with Crippen LogP contribution in [0.2, 0.25) is 51.4 Å². The number of carboxylic acid groups (broad SMARTS) is 1. The first-order valence-electron chi connectivity index (χ1n) is 18.4. The van der Waals surface area contributed by atoms with Crippen LogP contribution in [0.1, 0.15) is 44.2 Å². The summed E-state index contributed by atoms with van der Waals surface area (Å²) in [6.45, 7) is 17.4. The Morgan fingerprint density at radius 2 is 1.52 bits per heavy atom. The van der Waals surface area contributed by atoms with Gasteiger partial charge in [0.25, 0.3) is 0 Å². The van der Waals surface area contributed by atoms with E-state index in [0.29, 0.717) is 58.0 Å². The van der Waals surface area contributed by atoms with Crippen LogP contribution in [-0.4, -0.2) is 85.6 Å². The summed E-state index contributed by atoms with van der Waals surface area (Å²) in [5.41, 5.74) is 5.32. The Labute approximate surface area is 309 Å². The Morgan fingerprint density at radius 3 is 2.06 bits per heavy atom. The molecule has 4 aromatic rings. The second-order valence-corrected chi connectivity index (χ2v) is 27.6. The maximum Gasteiger partial charge on any atom is 0.345 e. The lowest BCUT2D eigenvalue weighted by molar-refractivity contribution is -0.167. The first-order chi connectivity index (χ1) is 24.7. The summed E-state index contributed by atoms with van der Waals surface area (Å²) in [4.78, 5) is 35.8. The summed E-state index contributed by atoms with van der Waals surface area (Å²) in [5.74, 6) is -1.03. The number of benzene rings is 1. The van der Waals surface area contributed by atoms with Crippen molar-refractivity contribution in [3.8, 4) is 22.4 Å². The average Bonchev–Trinajstić information content (AvgIpc) is 3.53. The predicted octanol–water partition coefficient (Wildman–Crippen LogP) is 8.18. The van der Waals surface area contributed by atoms with Crippen molar-refractivity contribution in [1.29, 1.82) is 0 Å². The molecule has 1 aliphatic carbocycles. The molecular formula is C39H55N5O6Si2. The van der Waals surface area contributed by atoms with Gasteiger partial charge in [-0.15, -0.1) is 0 Å². The lowest BCUT2D eigenvalue weighted by Crippen LogP contribution is -2.36. The van der Waals surface area contributed by atoms with Gasteiger partial charge in [0.2, 0.25) is 6.10 Å². The van der Waals surface area contributed by atoms with Crippen molar-refractivity contribution >= 4 is 39.6 Å². The van der Waals surface area contributed by atoms with Crippen LogP contribution in [0.3, 0.4) is 0 Å². The number of pyridine rings is 1. The zero-order chi connectivity index (χ0) is 37.5. The molecule has 0 aliphatic heterocycles. The molecule has 0 bridgehead atoms. The van der Waals surface area contributed by atoms with Crippen molar-refractivity contribution in [2.75, 3.05) is 31.6 Å². The van der Waals surface area contributed by atoms with E-state index in [1.165, 1.54) is 6.92 Å². The molecule has 1 saturated carbocycles. The van der Waals surface area contributed by atoms with Gasteiger partial charge in [-0.25, -0.2) is 9.78 Å². The van der Waals surface area contributed by atoms with Gasteiger partial charge in [0.05, 0.1) is 11.9 Å². The zero-order valence-electron chi connectivity index (χ0n) is 31.8. The number of aromatic nitrogens is 4. The van der Waals surface area contributed by atoms with Crippen molar-refractivity contribution in [2.45, 2.75) is 96.0 Å². The van der Waals surface area contributed by atoms with E-state index < -0.39 is 34.2 Å². The summed E-state index contributed by atoms with van der Waals surface area (Å²) in [7, 11) is -2.59. The first-order valence-corrected chi connectivity index (χ1v) is 25.8. The van der Waals surface area contributed by atoms with Gasteiger partial charge in [0, 0.05) is 82.8 Å². The molecule has 3 aromatic heterocycles. The summed E-state index contributed by atoms with van der Waals surface area (Å²) < 4.78 is 19.7. The highest BCUT2D eigenvalue weighted by molar-refractivity contribution is 6.76. The molecule has 11 nitrogen and oxygen atoms in total. The molecule has 1 N–H and O–H groups in total. The van der Waals surface area contributed by atoms with E-state index in [0.717, 1.165) is 46.0 Å². The number of nitrogens with zero attached hydrogens (tertiary/aromatic N) is 5. The summed E-state index contributed by atoms with van der Waals surface area (Å²) in [6.07, 6.45) is 5.22. The van der Waals surface area contributed by atoms with Crippen LogP contribution in [0.25, 0.3) is 28.0 Å². The third-order valence-corrected chi connectivity index (χ3v) is 13.0. The number of hydrogen-bond donors (Lipinski definition) is 1. The molecular weight excluding hydrogens is 691 g/mol. The minimum absolute atomic E-state index is 0.0792. The SMILES string of the molecule is CC(=O)OC(C(=O)O)C1CCC(c2cc(N(COCC[Si](C)(C)C)COCC[Si](C)(C)C)n3ncc(-c4ccc(-c5ccccc5)nc4)c3n2)CC1. The van der Waals surface area contributed by atoms with E-state index >= 15 is 0 Å². The summed E-state index contributed by atoms with van der Waals surface area (Å²) in [6, 6.07) is 18.4. The molecule has 280 valence electrons. The third-order valence-electron chi connectivity index (χ3n) is 9.58. The topological polar surface area (TPSA) is 128 Å². The van der Waals surface area contributed by atoms with Gasteiger partial charge in [-0.3, -0.25) is 9.78 Å². The Kier molecular flexibility index (Phi) is 13.1. The molecule has 1 aromatic carbocycles. The highest BCUT2D eigenvalue weighted by atomic mass is 28.3. The lowest BCUT2D eigenvalue weighted by Gasteiger charge is -2.32. The minimum atomic E-state index is -1.29. The molecule has 1 fully saturated rings. The molecule has 52 heavy (non-hydrogen) atoms. The average molecular weight is 746 g/mol. The highest BCUT2D eigenvalue weighted by Gasteiger charge is 2.35. The van der Waals surface area contributed by atoms with Gasteiger partial charge in [0.1, 0.15) is 19.3 Å². The van der Waals surface area contributed by atoms with Crippen molar-refractivity contribution in [1.82, 2.24) is 19.6 Å². The predicted molar refractivity (Wildman–Crippen MR) is 210 cm³/mol. The van der Waals surface area contributed by atoms with Crippen LogP contribution < -0.4 is 4.90 Å². The monoisotopic (exact) mass is 745 g/mol. The molecule has 1 aliphatic rings. The molecule has 13 heteroatoms.